The van der Waals surface area contributed by atoms with Crippen LogP contribution in [-0.2, 0) is 5.41 Å². The quantitative estimate of drug-likeness (QED) is 0.405. The molecule has 0 bridgehead atoms. The van der Waals surface area contributed by atoms with Gasteiger partial charge in [-0.15, -0.1) is 0 Å². The summed E-state index contributed by atoms with van der Waals surface area (Å²) in [7, 11) is 0. The molecule has 0 amide bonds. The predicted molar refractivity (Wildman–Crippen MR) is 47.1 cm³/mol. The van der Waals surface area contributed by atoms with Crippen molar-refractivity contribution in [2.45, 2.75) is 0 Å². The van der Waals surface area contributed by atoms with Gasteiger partial charge in [0, 0.05) is 0 Å². The molecule has 0 spiro atoms. The van der Waals surface area contributed by atoms with Crippen molar-refractivity contribution in [2.24, 2.45) is 0 Å². The van der Waals surface area contributed by atoms with Gasteiger partial charge in [-0.2, -0.15) is 0 Å². The summed E-state index contributed by atoms with van der Waals surface area (Å²) in [6.07, 6.45) is 0. The summed E-state index contributed by atoms with van der Waals surface area (Å²) >= 11 is 7.38. The van der Waals surface area contributed by atoms with Crippen molar-refractivity contribution >= 4 is 59.3 Å². The molecule has 37 valence electrons. The van der Waals surface area contributed by atoms with Gasteiger partial charge in [-0.1, -0.05) is 0 Å². The van der Waals surface area contributed by atoms with Crippen molar-refractivity contribution in [1.29, 1.82) is 0 Å². The van der Waals surface area contributed by atoms with Gasteiger partial charge in [-0.05, 0) is 0 Å². The van der Waals surface area contributed by atoms with E-state index in [1.165, 1.54) is 0 Å². The van der Waals surface area contributed by atoms with E-state index in [1.807, 2.05) is 0 Å². The minimum absolute atomic E-state index is 0. The van der Waals surface area contributed by atoms with Crippen LogP contribution in [0.1, 0.15) is 0 Å². The second-order valence-electron chi connectivity index (χ2n) is 0.152. The molecule has 0 aromatic rings. The zero-order valence-electron chi connectivity index (χ0n) is 2.19. The van der Waals surface area contributed by atoms with Crippen LogP contribution in [0.3, 0.4) is 0 Å². The van der Waals surface area contributed by atoms with Crippen molar-refractivity contribution in [2.75, 3.05) is 0 Å². The topological polar surface area (TPSA) is 35.0 Å². The SMILES string of the molecule is N.[I][Ru]([I])[I]. The fraction of sp³-hybridized carbons (Fsp3) is 0. The van der Waals surface area contributed by atoms with E-state index >= 15 is 0 Å². The Labute approximate surface area is 69.1 Å². The molecule has 5 heavy (non-hydrogen) atoms. The molecule has 0 aliphatic rings. The van der Waals surface area contributed by atoms with E-state index in [2.05, 4.69) is 59.3 Å². The van der Waals surface area contributed by atoms with Gasteiger partial charge in [0.2, 0.25) is 0 Å². The number of hydrogen-bond donors (Lipinski definition) is 1. The minimum atomic E-state index is -0.260. The van der Waals surface area contributed by atoms with Crippen molar-refractivity contribution in [3.63, 3.8) is 0 Å². The van der Waals surface area contributed by atoms with Gasteiger partial charge in [-0.3, -0.25) is 0 Å². The van der Waals surface area contributed by atoms with E-state index in [4.69, 9.17) is 0 Å². The molecule has 0 aromatic heterocycles. The Hall–Kier alpha value is 2.77. The second-order valence-corrected chi connectivity index (χ2v) is 40.3. The third-order valence-corrected chi connectivity index (χ3v) is 0. The molecule has 0 unspecified atom stereocenters. The number of hydrogen-bond acceptors (Lipinski definition) is 1. The van der Waals surface area contributed by atoms with Crippen molar-refractivity contribution < 1.29 is 5.41 Å². The summed E-state index contributed by atoms with van der Waals surface area (Å²) < 4.78 is 0. The molecule has 1 nitrogen and oxygen atoms in total. The molecule has 0 aliphatic heterocycles. The summed E-state index contributed by atoms with van der Waals surface area (Å²) in [5.74, 6) is 0. The van der Waals surface area contributed by atoms with Crippen LogP contribution in [0, 0.1) is 0 Å². The van der Waals surface area contributed by atoms with Gasteiger partial charge in [0.05, 0.1) is 0 Å². The molecule has 0 saturated heterocycles. The zero-order chi connectivity index (χ0) is 3.58. The van der Waals surface area contributed by atoms with Gasteiger partial charge in [0.25, 0.3) is 0 Å². The van der Waals surface area contributed by atoms with Crippen molar-refractivity contribution in [3.8, 4) is 0 Å². The summed E-state index contributed by atoms with van der Waals surface area (Å²) in [5.41, 5.74) is 0. The molecule has 5 heteroatoms. The van der Waals surface area contributed by atoms with E-state index in [9.17, 15) is 0 Å². The molecule has 0 saturated carbocycles. The molecule has 0 heterocycles. The van der Waals surface area contributed by atoms with Gasteiger partial charge in [0.15, 0.2) is 0 Å². The molecule has 0 aliphatic carbocycles. The van der Waals surface area contributed by atoms with E-state index in [-0.39, 0.29) is 11.6 Å². The maximum absolute atomic E-state index is 2.46. The predicted octanol–water partition coefficient (Wildman–Crippen LogP) is 2.82. The normalized spacial score (nSPS) is 9.00. The average molecular weight is 499 g/mol. The molecule has 0 rings (SSSR count). The molecule has 0 radical (unpaired) electrons. The number of halogens is 3. The third kappa shape index (κ3) is 20.1. The molecule has 3 N–H and O–H groups in total. The van der Waals surface area contributed by atoms with Crippen LogP contribution in [0.15, 0.2) is 0 Å². The first kappa shape index (κ1) is 10.7. The average Bonchev–Trinajstić information content (AvgIpc) is 0.811. The van der Waals surface area contributed by atoms with Gasteiger partial charge in [0.1, 0.15) is 0 Å². The summed E-state index contributed by atoms with van der Waals surface area (Å²) in [6.45, 7) is 0. The van der Waals surface area contributed by atoms with Crippen LogP contribution >= 0.6 is 59.3 Å². The Morgan fingerprint density at radius 3 is 1.00 bits per heavy atom. The Morgan fingerprint density at radius 1 is 1.00 bits per heavy atom. The van der Waals surface area contributed by atoms with E-state index in [0.29, 0.717) is 0 Å². The first-order valence-corrected chi connectivity index (χ1v) is 15.9. The van der Waals surface area contributed by atoms with Crippen LogP contribution in [0.25, 0.3) is 0 Å². The monoisotopic (exact) mass is 500 g/mol. The maximum atomic E-state index is 2.46. The Balaban J connectivity index is 0. The van der Waals surface area contributed by atoms with Crippen LogP contribution in [-0.4, -0.2) is 0 Å². The standard InChI is InChI=1S/3HI.H3N.Ru/h3*1H;1H3;/q;;;;+3/p-3. The van der Waals surface area contributed by atoms with Crippen LogP contribution in [0.4, 0.5) is 0 Å². The Morgan fingerprint density at radius 2 is 1.00 bits per heavy atom. The van der Waals surface area contributed by atoms with Crippen molar-refractivity contribution in [1.82, 2.24) is 6.15 Å². The van der Waals surface area contributed by atoms with Crippen molar-refractivity contribution in [3.05, 3.63) is 0 Å². The molecule has 0 fully saturated rings. The summed E-state index contributed by atoms with van der Waals surface area (Å²) in [5, 5.41) is -0.260. The third-order valence-electron chi connectivity index (χ3n) is 0. The van der Waals surface area contributed by atoms with Crippen LogP contribution in [0.2, 0.25) is 0 Å². The second kappa shape index (κ2) is 6.77. The molecule has 0 atom stereocenters. The zero-order valence-corrected chi connectivity index (χ0v) is 10.4. The summed E-state index contributed by atoms with van der Waals surface area (Å²) in [4.78, 5) is 0. The molecule has 0 aromatic carbocycles. The first-order valence-electron chi connectivity index (χ1n) is 0.401. The Kier molecular flexibility index (Phi) is 14.5. The Bertz CT molecular complexity index is 11.6. The van der Waals surface area contributed by atoms with Crippen LogP contribution in [0.5, 0.6) is 0 Å². The van der Waals surface area contributed by atoms with Gasteiger partial charge >= 0.3 is 64.7 Å². The fourth-order valence-corrected chi connectivity index (χ4v) is 0. The van der Waals surface area contributed by atoms with E-state index < -0.39 is 0 Å². The first-order chi connectivity index (χ1) is 1.73. The van der Waals surface area contributed by atoms with E-state index in [0.717, 1.165) is 0 Å². The number of rotatable bonds is 0. The van der Waals surface area contributed by atoms with Gasteiger partial charge < -0.3 is 6.15 Å². The molecular weight excluding hydrogens is 496 g/mol. The molecular formula is H3I3NRu. The van der Waals surface area contributed by atoms with E-state index in [1.54, 1.807) is 0 Å². The summed E-state index contributed by atoms with van der Waals surface area (Å²) in [6, 6.07) is 0. The fourth-order valence-electron chi connectivity index (χ4n) is 0. The van der Waals surface area contributed by atoms with Gasteiger partial charge in [-0.25, -0.2) is 0 Å². The van der Waals surface area contributed by atoms with Crippen LogP contribution < -0.4 is 6.15 Å².